The molecular formula is C19H16N6. The Morgan fingerprint density at radius 2 is 1.48 bits per heavy atom. The number of nitrogens with zero attached hydrogens (tertiary/aromatic N) is 4. The van der Waals surface area contributed by atoms with Crippen molar-refractivity contribution < 1.29 is 0 Å². The van der Waals surface area contributed by atoms with Gasteiger partial charge in [0.1, 0.15) is 0 Å². The number of hydrogen-bond donors (Lipinski definition) is 2. The Kier molecular flexibility index (Phi) is 4.16. The second-order valence-corrected chi connectivity index (χ2v) is 5.45. The van der Waals surface area contributed by atoms with Gasteiger partial charge < -0.3 is 10.6 Å². The minimum atomic E-state index is 0.481. The van der Waals surface area contributed by atoms with Gasteiger partial charge in [-0.25, -0.2) is 9.97 Å². The van der Waals surface area contributed by atoms with Crippen LogP contribution in [0.4, 0.5) is 17.5 Å². The van der Waals surface area contributed by atoms with Crippen molar-refractivity contribution in [1.82, 2.24) is 19.9 Å². The van der Waals surface area contributed by atoms with E-state index in [1.54, 1.807) is 12.4 Å². The van der Waals surface area contributed by atoms with Crippen LogP contribution in [0.5, 0.6) is 0 Å². The van der Waals surface area contributed by atoms with Gasteiger partial charge in [0, 0.05) is 24.6 Å². The Bertz CT molecular complexity index is 973. The summed E-state index contributed by atoms with van der Waals surface area (Å²) < 4.78 is 0. The summed E-state index contributed by atoms with van der Waals surface area (Å²) in [5.74, 6) is 1.13. The molecule has 0 bridgehead atoms. The van der Waals surface area contributed by atoms with E-state index in [9.17, 15) is 0 Å². The summed E-state index contributed by atoms with van der Waals surface area (Å²) in [4.78, 5) is 17.7. The number of hydrogen-bond acceptors (Lipinski definition) is 6. The Labute approximate surface area is 145 Å². The van der Waals surface area contributed by atoms with E-state index in [2.05, 4.69) is 42.7 Å². The summed E-state index contributed by atoms with van der Waals surface area (Å²) in [6.45, 7) is 0.647. The van der Waals surface area contributed by atoms with Crippen molar-refractivity contribution in [1.29, 1.82) is 0 Å². The molecule has 0 atom stereocenters. The average Bonchev–Trinajstić information content (AvgIpc) is 2.68. The summed E-state index contributed by atoms with van der Waals surface area (Å²) >= 11 is 0. The van der Waals surface area contributed by atoms with Crippen molar-refractivity contribution in [3.63, 3.8) is 0 Å². The number of nitrogens with one attached hydrogen (secondary N) is 2. The van der Waals surface area contributed by atoms with E-state index in [1.165, 1.54) is 0 Å². The van der Waals surface area contributed by atoms with Crippen LogP contribution in [0.15, 0.2) is 73.1 Å². The van der Waals surface area contributed by atoms with Crippen LogP contribution in [0, 0.1) is 0 Å². The molecule has 2 heterocycles. The lowest BCUT2D eigenvalue weighted by Crippen LogP contribution is -2.07. The molecule has 6 nitrogen and oxygen atoms in total. The number of anilines is 3. The molecule has 0 aliphatic heterocycles. The van der Waals surface area contributed by atoms with Crippen LogP contribution >= 0.6 is 0 Å². The van der Waals surface area contributed by atoms with E-state index >= 15 is 0 Å². The maximum atomic E-state index is 4.58. The first-order valence-electron chi connectivity index (χ1n) is 7.97. The molecular weight excluding hydrogens is 312 g/mol. The second-order valence-electron chi connectivity index (χ2n) is 5.45. The van der Waals surface area contributed by atoms with Gasteiger partial charge in [-0.3, -0.25) is 0 Å². The highest BCUT2D eigenvalue weighted by Gasteiger charge is 2.10. The van der Waals surface area contributed by atoms with Gasteiger partial charge in [-0.2, -0.15) is 9.97 Å². The number of rotatable bonds is 5. The van der Waals surface area contributed by atoms with Crippen LogP contribution in [0.1, 0.15) is 5.56 Å². The third-order valence-electron chi connectivity index (χ3n) is 3.67. The predicted octanol–water partition coefficient (Wildman–Crippen LogP) is 3.78. The number of benzene rings is 2. The average molecular weight is 328 g/mol. The maximum absolute atomic E-state index is 4.58. The molecule has 25 heavy (non-hydrogen) atoms. The molecule has 6 heteroatoms. The molecule has 0 fully saturated rings. The number of para-hydroxylation sites is 1. The van der Waals surface area contributed by atoms with E-state index in [4.69, 9.17) is 0 Å². The molecule has 0 aliphatic rings. The lowest BCUT2D eigenvalue weighted by atomic mass is 10.2. The summed E-state index contributed by atoms with van der Waals surface area (Å²) in [7, 11) is 0. The first-order valence-corrected chi connectivity index (χ1v) is 7.97. The van der Waals surface area contributed by atoms with Crippen LogP contribution in [-0.4, -0.2) is 19.9 Å². The molecule has 0 spiro atoms. The molecule has 2 aromatic carbocycles. The Morgan fingerprint density at radius 3 is 2.28 bits per heavy atom. The first kappa shape index (κ1) is 15.0. The third kappa shape index (κ3) is 3.53. The zero-order valence-electron chi connectivity index (χ0n) is 13.4. The molecule has 0 unspecified atom stereocenters. The largest absolute Gasteiger partial charge is 0.364 e. The van der Waals surface area contributed by atoms with Crippen LogP contribution in [0.3, 0.4) is 0 Å². The Balaban J connectivity index is 1.66. The Hall–Kier alpha value is -3.54. The van der Waals surface area contributed by atoms with E-state index in [1.807, 2.05) is 48.5 Å². The normalized spacial score (nSPS) is 10.6. The van der Waals surface area contributed by atoms with Crippen molar-refractivity contribution in [2.75, 3.05) is 10.6 Å². The highest BCUT2D eigenvalue weighted by Crippen LogP contribution is 2.21. The van der Waals surface area contributed by atoms with Gasteiger partial charge in [0.15, 0.2) is 17.0 Å². The zero-order valence-corrected chi connectivity index (χ0v) is 13.4. The van der Waals surface area contributed by atoms with Crippen LogP contribution in [-0.2, 0) is 6.54 Å². The summed E-state index contributed by atoms with van der Waals surface area (Å²) in [5.41, 5.74) is 3.28. The fraction of sp³-hybridized carbons (Fsp3) is 0.0526. The monoisotopic (exact) mass is 328 g/mol. The van der Waals surface area contributed by atoms with Gasteiger partial charge in [0.2, 0.25) is 5.95 Å². The van der Waals surface area contributed by atoms with Gasteiger partial charge in [-0.05, 0) is 17.7 Å². The molecule has 2 N–H and O–H groups in total. The maximum Gasteiger partial charge on any atom is 0.231 e. The SMILES string of the molecule is c1ccc(CNc2nc(Nc3ccccc3)nc3nccnc23)cc1. The van der Waals surface area contributed by atoms with Crippen LogP contribution < -0.4 is 10.6 Å². The number of aromatic nitrogens is 4. The van der Waals surface area contributed by atoms with Crippen molar-refractivity contribution in [3.05, 3.63) is 78.6 Å². The van der Waals surface area contributed by atoms with Crippen molar-refractivity contribution >= 4 is 28.6 Å². The van der Waals surface area contributed by atoms with Crippen LogP contribution in [0.25, 0.3) is 11.2 Å². The molecule has 4 aromatic rings. The van der Waals surface area contributed by atoms with Gasteiger partial charge in [-0.15, -0.1) is 0 Å². The minimum Gasteiger partial charge on any atom is -0.364 e. The molecule has 0 saturated heterocycles. The third-order valence-corrected chi connectivity index (χ3v) is 3.67. The van der Waals surface area contributed by atoms with Crippen molar-refractivity contribution in [2.24, 2.45) is 0 Å². The summed E-state index contributed by atoms with van der Waals surface area (Å²) in [6.07, 6.45) is 3.27. The van der Waals surface area contributed by atoms with E-state index in [0.717, 1.165) is 11.3 Å². The quantitative estimate of drug-likeness (QED) is 0.581. The highest BCUT2D eigenvalue weighted by molar-refractivity contribution is 5.83. The van der Waals surface area contributed by atoms with Gasteiger partial charge in [0.05, 0.1) is 0 Å². The minimum absolute atomic E-state index is 0.481. The molecule has 2 aromatic heterocycles. The van der Waals surface area contributed by atoms with Gasteiger partial charge in [-0.1, -0.05) is 48.5 Å². The highest BCUT2D eigenvalue weighted by atomic mass is 15.2. The van der Waals surface area contributed by atoms with Gasteiger partial charge in [0.25, 0.3) is 0 Å². The lowest BCUT2D eigenvalue weighted by molar-refractivity contribution is 1.08. The topological polar surface area (TPSA) is 75.6 Å². The van der Waals surface area contributed by atoms with E-state index in [0.29, 0.717) is 29.5 Å². The molecule has 4 rings (SSSR count). The number of fused-ring (bicyclic) bond motifs is 1. The van der Waals surface area contributed by atoms with Crippen molar-refractivity contribution in [3.8, 4) is 0 Å². The summed E-state index contributed by atoms with van der Waals surface area (Å²) in [6, 6.07) is 19.9. The van der Waals surface area contributed by atoms with E-state index < -0.39 is 0 Å². The van der Waals surface area contributed by atoms with Crippen LogP contribution in [0.2, 0.25) is 0 Å². The molecule has 0 radical (unpaired) electrons. The smallest absolute Gasteiger partial charge is 0.231 e. The van der Waals surface area contributed by atoms with Crippen molar-refractivity contribution in [2.45, 2.75) is 6.54 Å². The molecule has 122 valence electrons. The zero-order chi connectivity index (χ0) is 16.9. The standard InChI is InChI=1S/C19H16N6/c1-3-7-14(8-4-1)13-22-18-16-17(21-12-11-20-16)24-19(25-18)23-15-9-5-2-6-10-15/h1-12H,13H2,(H2,21,22,23,24,25). The lowest BCUT2D eigenvalue weighted by Gasteiger charge is -2.11. The molecule has 0 amide bonds. The molecule has 0 saturated carbocycles. The fourth-order valence-corrected chi connectivity index (χ4v) is 2.48. The molecule has 0 aliphatic carbocycles. The van der Waals surface area contributed by atoms with E-state index in [-0.39, 0.29) is 0 Å². The predicted molar refractivity (Wildman–Crippen MR) is 98.6 cm³/mol. The fourth-order valence-electron chi connectivity index (χ4n) is 2.48. The first-order chi connectivity index (χ1) is 12.4. The second kappa shape index (κ2) is 6.92. The summed E-state index contributed by atoms with van der Waals surface area (Å²) in [5, 5.41) is 6.54. The Morgan fingerprint density at radius 1 is 0.760 bits per heavy atom. The van der Waals surface area contributed by atoms with Gasteiger partial charge >= 0.3 is 0 Å².